The van der Waals surface area contributed by atoms with Crippen molar-refractivity contribution >= 4 is 15.9 Å². The highest BCUT2D eigenvalue weighted by Crippen LogP contribution is 2.25. The fourth-order valence-electron chi connectivity index (χ4n) is 0.935. The summed E-state index contributed by atoms with van der Waals surface area (Å²) in [6, 6.07) is 6.39. The predicted molar refractivity (Wildman–Crippen MR) is 52.4 cm³/mol. The van der Waals surface area contributed by atoms with Crippen LogP contribution in [0.15, 0.2) is 39.5 Å². The van der Waals surface area contributed by atoms with E-state index in [-0.39, 0.29) is 11.8 Å². The number of oxazole rings is 1. The largest absolute Gasteiger partial charge is 0.508 e. The first-order valence-electron chi connectivity index (χ1n) is 3.82. The normalized spacial score (nSPS) is 10.1. The number of ether oxygens (including phenoxy) is 1. The third kappa shape index (κ3) is 2.05. The number of hydrogen-bond donors (Lipinski definition) is 1. The Morgan fingerprint density at radius 2 is 2.29 bits per heavy atom. The molecule has 0 atom stereocenters. The molecule has 0 saturated carbocycles. The molecule has 1 N–H and O–H groups in total. The second kappa shape index (κ2) is 3.71. The highest BCUT2D eigenvalue weighted by atomic mass is 79.9. The quantitative estimate of drug-likeness (QED) is 0.897. The van der Waals surface area contributed by atoms with Crippen molar-refractivity contribution in [1.82, 2.24) is 4.98 Å². The van der Waals surface area contributed by atoms with Crippen LogP contribution in [-0.4, -0.2) is 10.1 Å². The average molecular weight is 256 g/mol. The molecule has 1 aromatic heterocycles. The molecular weight excluding hydrogens is 250 g/mol. The topological polar surface area (TPSA) is 55.5 Å². The smallest absolute Gasteiger partial charge is 0.400 e. The zero-order valence-corrected chi connectivity index (χ0v) is 8.56. The first-order valence-corrected chi connectivity index (χ1v) is 4.61. The van der Waals surface area contributed by atoms with Gasteiger partial charge in [-0.2, -0.15) is 4.98 Å². The Labute approximate surface area is 88.3 Å². The number of nitrogens with zero attached hydrogens (tertiary/aromatic N) is 1. The lowest BCUT2D eigenvalue weighted by molar-refractivity contribution is 0.322. The summed E-state index contributed by atoms with van der Waals surface area (Å²) in [7, 11) is 0. The maximum atomic E-state index is 9.16. The second-order valence-corrected chi connectivity index (χ2v) is 3.31. The minimum absolute atomic E-state index is 0.127. The molecule has 0 aliphatic heterocycles. The molecule has 0 radical (unpaired) electrons. The van der Waals surface area contributed by atoms with Crippen molar-refractivity contribution in [3.05, 3.63) is 35.1 Å². The number of phenols is 1. The van der Waals surface area contributed by atoms with Crippen molar-refractivity contribution in [3.8, 4) is 17.6 Å². The van der Waals surface area contributed by atoms with Gasteiger partial charge in [0.2, 0.25) is 0 Å². The number of aromatic nitrogens is 1. The molecule has 2 rings (SSSR count). The minimum atomic E-state index is 0.127. The van der Waals surface area contributed by atoms with Crippen molar-refractivity contribution in [3.63, 3.8) is 0 Å². The maximum Gasteiger partial charge on any atom is 0.400 e. The van der Waals surface area contributed by atoms with Crippen LogP contribution in [0.5, 0.6) is 17.6 Å². The zero-order chi connectivity index (χ0) is 9.97. The molecule has 0 unspecified atom stereocenters. The summed E-state index contributed by atoms with van der Waals surface area (Å²) in [6.07, 6.45) is 1.61. The Bertz CT molecular complexity index is 441. The van der Waals surface area contributed by atoms with E-state index < -0.39 is 0 Å². The lowest BCUT2D eigenvalue weighted by Gasteiger charge is -1.99. The first-order chi connectivity index (χ1) is 6.74. The van der Waals surface area contributed by atoms with E-state index in [2.05, 4.69) is 20.9 Å². The summed E-state index contributed by atoms with van der Waals surface area (Å²) in [5.41, 5.74) is 0. The number of aromatic hydroxyl groups is 1. The van der Waals surface area contributed by atoms with E-state index in [9.17, 15) is 0 Å². The van der Waals surface area contributed by atoms with Crippen molar-refractivity contribution in [1.29, 1.82) is 0 Å². The second-order valence-electron chi connectivity index (χ2n) is 2.53. The Morgan fingerprint density at radius 3 is 2.93 bits per heavy atom. The van der Waals surface area contributed by atoms with Crippen LogP contribution >= 0.6 is 15.9 Å². The highest BCUT2D eigenvalue weighted by molar-refractivity contribution is 9.10. The average Bonchev–Trinajstić information content (AvgIpc) is 2.51. The van der Waals surface area contributed by atoms with Crippen LogP contribution in [0.25, 0.3) is 0 Å². The van der Waals surface area contributed by atoms with E-state index in [4.69, 9.17) is 14.3 Å². The maximum absolute atomic E-state index is 9.16. The standard InChI is InChI=1S/C9H6BrNO3/c10-8-5-11-9(14-8)13-7-3-1-2-6(12)4-7/h1-5,12H. The van der Waals surface area contributed by atoms with E-state index >= 15 is 0 Å². The van der Waals surface area contributed by atoms with E-state index in [0.29, 0.717) is 10.4 Å². The van der Waals surface area contributed by atoms with Crippen molar-refractivity contribution < 1.29 is 14.3 Å². The van der Waals surface area contributed by atoms with Gasteiger partial charge in [0, 0.05) is 6.07 Å². The van der Waals surface area contributed by atoms with Crippen LogP contribution in [-0.2, 0) is 0 Å². The van der Waals surface area contributed by atoms with Crippen molar-refractivity contribution in [2.24, 2.45) is 0 Å². The summed E-state index contributed by atoms with van der Waals surface area (Å²) in [5.74, 6) is 0.604. The molecule has 0 amide bonds. The number of benzene rings is 1. The molecule has 0 aliphatic rings. The molecule has 2 aromatic rings. The molecule has 72 valence electrons. The summed E-state index contributed by atoms with van der Waals surface area (Å²) in [4.78, 5) is 3.82. The fourth-order valence-corrected chi connectivity index (χ4v) is 1.18. The van der Waals surface area contributed by atoms with Crippen LogP contribution in [0, 0.1) is 0 Å². The Morgan fingerprint density at radius 1 is 1.43 bits per heavy atom. The van der Waals surface area contributed by atoms with Crippen LogP contribution in [0.1, 0.15) is 0 Å². The summed E-state index contributed by atoms with van der Waals surface area (Å²) < 4.78 is 10.7. The number of hydrogen-bond acceptors (Lipinski definition) is 4. The molecule has 5 heteroatoms. The molecule has 0 fully saturated rings. The summed E-state index contributed by atoms with van der Waals surface area (Å²) >= 11 is 3.10. The molecule has 0 bridgehead atoms. The zero-order valence-electron chi connectivity index (χ0n) is 6.98. The van der Waals surface area contributed by atoms with Gasteiger partial charge in [0.1, 0.15) is 11.5 Å². The van der Waals surface area contributed by atoms with Gasteiger partial charge in [-0.3, -0.25) is 0 Å². The Hall–Kier alpha value is -1.49. The third-order valence-corrected chi connectivity index (χ3v) is 1.85. The third-order valence-electron chi connectivity index (χ3n) is 1.48. The van der Waals surface area contributed by atoms with Crippen LogP contribution in [0.4, 0.5) is 0 Å². The van der Waals surface area contributed by atoms with E-state index in [1.54, 1.807) is 18.2 Å². The molecule has 0 spiro atoms. The van der Waals surface area contributed by atoms with E-state index in [1.807, 2.05) is 0 Å². The van der Waals surface area contributed by atoms with Gasteiger partial charge in [0.05, 0.1) is 6.20 Å². The Balaban J connectivity index is 2.18. The number of phenolic OH excluding ortho intramolecular Hbond substituents is 1. The SMILES string of the molecule is Oc1cccc(Oc2ncc(Br)o2)c1. The predicted octanol–water partition coefficient (Wildman–Crippen LogP) is 2.94. The number of rotatable bonds is 2. The van der Waals surface area contributed by atoms with Gasteiger partial charge < -0.3 is 14.3 Å². The molecule has 1 aromatic carbocycles. The molecule has 1 heterocycles. The molecular formula is C9H6BrNO3. The van der Waals surface area contributed by atoms with Crippen LogP contribution < -0.4 is 4.74 Å². The van der Waals surface area contributed by atoms with Crippen molar-refractivity contribution in [2.45, 2.75) is 0 Å². The van der Waals surface area contributed by atoms with Gasteiger partial charge in [-0.25, -0.2) is 0 Å². The fraction of sp³-hybridized carbons (Fsp3) is 0. The number of halogens is 1. The van der Waals surface area contributed by atoms with Crippen LogP contribution in [0.3, 0.4) is 0 Å². The van der Waals surface area contributed by atoms with Crippen molar-refractivity contribution in [2.75, 3.05) is 0 Å². The van der Waals surface area contributed by atoms with Gasteiger partial charge in [-0.1, -0.05) is 6.07 Å². The monoisotopic (exact) mass is 255 g/mol. The van der Waals surface area contributed by atoms with Gasteiger partial charge in [-0.05, 0) is 28.1 Å². The van der Waals surface area contributed by atoms with Gasteiger partial charge in [0.25, 0.3) is 0 Å². The summed E-state index contributed by atoms with van der Waals surface area (Å²) in [5, 5.41) is 9.16. The van der Waals surface area contributed by atoms with Gasteiger partial charge in [-0.15, -0.1) is 0 Å². The van der Waals surface area contributed by atoms with Gasteiger partial charge in [0.15, 0.2) is 4.67 Å². The lowest BCUT2D eigenvalue weighted by Crippen LogP contribution is -1.82. The Kier molecular flexibility index (Phi) is 2.41. The first kappa shape index (κ1) is 9.08. The molecule has 0 aliphatic carbocycles. The minimum Gasteiger partial charge on any atom is -0.508 e. The molecule has 14 heavy (non-hydrogen) atoms. The molecule has 0 saturated heterocycles. The highest BCUT2D eigenvalue weighted by Gasteiger charge is 2.04. The van der Waals surface area contributed by atoms with Gasteiger partial charge >= 0.3 is 6.08 Å². The molecule has 4 nitrogen and oxygen atoms in total. The van der Waals surface area contributed by atoms with E-state index in [0.717, 1.165) is 0 Å². The van der Waals surface area contributed by atoms with E-state index in [1.165, 1.54) is 12.3 Å². The summed E-state index contributed by atoms with van der Waals surface area (Å²) in [6.45, 7) is 0. The lowest BCUT2D eigenvalue weighted by atomic mass is 10.3. The van der Waals surface area contributed by atoms with Crippen LogP contribution in [0.2, 0.25) is 0 Å².